The molecular weight excluding hydrogens is 258 g/mol. The summed E-state index contributed by atoms with van der Waals surface area (Å²) < 4.78 is 51.0. The number of nitrogens with one attached hydrogen (secondary N) is 1. The third kappa shape index (κ3) is 3.39. The van der Waals surface area contributed by atoms with Gasteiger partial charge in [-0.05, 0) is 37.0 Å². The van der Waals surface area contributed by atoms with Gasteiger partial charge in [0.1, 0.15) is 5.82 Å². The van der Waals surface area contributed by atoms with Crippen LogP contribution in [-0.2, 0) is 6.18 Å². The zero-order valence-electron chi connectivity index (χ0n) is 10.7. The van der Waals surface area contributed by atoms with E-state index >= 15 is 0 Å². The van der Waals surface area contributed by atoms with Crippen LogP contribution < -0.4 is 5.32 Å². The van der Waals surface area contributed by atoms with Crippen molar-refractivity contribution in [1.82, 2.24) is 0 Å². The molecule has 1 aromatic carbocycles. The van der Waals surface area contributed by atoms with Crippen LogP contribution >= 0.6 is 0 Å². The average Bonchev–Trinajstić information content (AvgIpc) is 2.33. The zero-order valence-corrected chi connectivity index (χ0v) is 10.7. The average molecular weight is 275 g/mol. The summed E-state index contributed by atoms with van der Waals surface area (Å²) in [5.41, 5.74) is -0.793. The van der Waals surface area contributed by atoms with Crippen molar-refractivity contribution in [3.63, 3.8) is 0 Å². The van der Waals surface area contributed by atoms with Crippen LogP contribution in [0.1, 0.15) is 38.2 Å². The number of halogens is 4. The van der Waals surface area contributed by atoms with Gasteiger partial charge in [0.2, 0.25) is 0 Å². The molecule has 0 radical (unpaired) electrons. The third-order valence-corrected chi connectivity index (χ3v) is 3.75. The van der Waals surface area contributed by atoms with Gasteiger partial charge in [-0.15, -0.1) is 0 Å². The van der Waals surface area contributed by atoms with Crippen molar-refractivity contribution < 1.29 is 17.6 Å². The Bertz CT molecular complexity index is 442. The van der Waals surface area contributed by atoms with E-state index in [9.17, 15) is 17.6 Å². The van der Waals surface area contributed by atoms with Crippen molar-refractivity contribution in [2.75, 3.05) is 5.32 Å². The molecule has 1 N–H and O–H groups in total. The Morgan fingerprint density at radius 3 is 2.42 bits per heavy atom. The lowest BCUT2D eigenvalue weighted by molar-refractivity contribution is -0.137. The quantitative estimate of drug-likeness (QED) is 0.762. The second-order valence-electron chi connectivity index (χ2n) is 5.20. The molecule has 1 saturated carbocycles. The summed E-state index contributed by atoms with van der Waals surface area (Å²) >= 11 is 0. The second kappa shape index (κ2) is 5.39. The molecule has 5 heteroatoms. The number of rotatable bonds is 2. The van der Waals surface area contributed by atoms with Crippen LogP contribution in [0.2, 0.25) is 0 Å². The fourth-order valence-electron chi connectivity index (χ4n) is 2.54. The predicted molar refractivity (Wildman–Crippen MR) is 66.4 cm³/mol. The molecule has 106 valence electrons. The Labute approximate surface area is 110 Å². The maximum Gasteiger partial charge on any atom is 0.416 e. The second-order valence-corrected chi connectivity index (χ2v) is 5.20. The molecule has 0 aromatic heterocycles. The number of hydrogen-bond donors (Lipinski definition) is 1. The standard InChI is InChI=1S/C14H17F4N/c1-9-4-2-3-5-12(9)19-13-7-6-10(8-11(13)15)14(16,17)18/h6-9,12,19H,2-5H2,1H3. The molecule has 0 spiro atoms. The summed E-state index contributed by atoms with van der Waals surface area (Å²) in [5.74, 6) is -0.428. The van der Waals surface area contributed by atoms with Crippen LogP contribution in [0, 0.1) is 11.7 Å². The molecule has 1 aliphatic rings. The summed E-state index contributed by atoms with van der Waals surface area (Å²) in [5, 5.41) is 3.04. The molecule has 1 aliphatic carbocycles. The van der Waals surface area contributed by atoms with E-state index in [4.69, 9.17) is 0 Å². The van der Waals surface area contributed by atoms with Crippen molar-refractivity contribution >= 4 is 5.69 Å². The number of alkyl halides is 3. The number of benzene rings is 1. The van der Waals surface area contributed by atoms with E-state index < -0.39 is 17.6 Å². The van der Waals surface area contributed by atoms with E-state index in [0.717, 1.165) is 31.7 Å². The molecule has 0 heterocycles. The monoisotopic (exact) mass is 275 g/mol. The highest BCUT2D eigenvalue weighted by Gasteiger charge is 2.31. The molecule has 2 rings (SSSR count). The van der Waals surface area contributed by atoms with Gasteiger partial charge >= 0.3 is 6.18 Å². The van der Waals surface area contributed by atoms with E-state index in [0.29, 0.717) is 12.0 Å². The Morgan fingerprint density at radius 1 is 1.16 bits per heavy atom. The van der Waals surface area contributed by atoms with Gasteiger partial charge in [0, 0.05) is 6.04 Å². The lowest BCUT2D eigenvalue weighted by Gasteiger charge is -2.30. The minimum absolute atomic E-state index is 0.139. The van der Waals surface area contributed by atoms with E-state index in [1.54, 1.807) is 0 Å². The molecule has 0 bridgehead atoms. The van der Waals surface area contributed by atoms with Crippen molar-refractivity contribution in [2.24, 2.45) is 5.92 Å². The molecule has 2 unspecified atom stereocenters. The molecule has 0 saturated heterocycles. The maximum atomic E-state index is 13.7. The highest BCUT2D eigenvalue weighted by molar-refractivity contribution is 5.47. The van der Waals surface area contributed by atoms with Crippen LogP contribution in [0.4, 0.5) is 23.2 Å². The van der Waals surface area contributed by atoms with Crippen LogP contribution in [0.3, 0.4) is 0 Å². The largest absolute Gasteiger partial charge is 0.416 e. The van der Waals surface area contributed by atoms with Gasteiger partial charge in [-0.1, -0.05) is 19.8 Å². The van der Waals surface area contributed by atoms with Gasteiger partial charge in [0.25, 0.3) is 0 Å². The van der Waals surface area contributed by atoms with Gasteiger partial charge in [-0.3, -0.25) is 0 Å². The fourth-order valence-corrected chi connectivity index (χ4v) is 2.54. The predicted octanol–water partition coefficient (Wildman–Crippen LogP) is 4.84. The molecule has 0 aliphatic heterocycles. The normalized spacial score (nSPS) is 24.3. The van der Waals surface area contributed by atoms with Gasteiger partial charge in [-0.25, -0.2) is 4.39 Å². The van der Waals surface area contributed by atoms with Crippen molar-refractivity contribution in [2.45, 2.75) is 44.8 Å². The smallest absolute Gasteiger partial charge is 0.380 e. The molecule has 1 fully saturated rings. The first-order valence-electron chi connectivity index (χ1n) is 6.51. The fraction of sp³-hybridized carbons (Fsp3) is 0.571. The van der Waals surface area contributed by atoms with E-state index in [1.807, 2.05) is 0 Å². The Balaban J connectivity index is 2.13. The highest BCUT2D eigenvalue weighted by atomic mass is 19.4. The van der Waals surface area contributed by atoms with E-state index in [2.05, 4.69) is 12.2 Å². The van der Waals surface area contributed by atoms with Crippen molar-refractivity contribution in [3.05, 3.63) is 29.6 Å². The lowest BCUT2D eigenvalue weighted by atomic mass is 9.86. The topological polar surface area (TPSA) is 12.0 Å². The number of anilines is 1. The molecule has 1 nitrogen and oxygen atoms in total. The van der Waals surface area contributed by atoms with E-state index in [1.165, 1.54) is 6.07 Å². The maximum absolute atomic E-state index is 13.7. The Hall–Kier alpha value is -1.26. The first-order chi connectivity index (χ1) is 8.88. The number of hydrogen-bond acceptors (Lipinski definition) is 1. The minimum atomic E-state index is -4.50. The molecular formula is C14H17F4N. The van der Waals surface area contributed by atoms with Gasteiger partial charge < -0.3 is 5.32 Å². The summed E-state index contributed by atoms with van der Waals surface area (Å²) in [7, 11) is 0. The highest BCUT2D eigenvalue weighted by Crippen LogP contribution is 2.33. The molecule has 0 amide bonds. The van der Waals surface area contributed by atoms with Gasteiger partial charge in [-0.2, -0.15) is 13.2 Å². The first-order valence-corrected chi connectivity index (χ1v) is 6.51. The summed E-state index contributed by atoms with van der Waals surface area (Å²) in [6.45, 7) is 2.08. The van der Waals surface area contributed by atoms with Crippen LogP contribution in [0.5, 0.6) is 0 Å². The van der Waals surface area contributed by atoms with Crippen molar-refractivity contribution in [3.8, 4) is 0 Å². The SMILES string of the molecule is CC1CCCCC1Nc1ccc(C(F)(F)F)cc1F. The molecule has 1 aromatic rings. The molecule has 2 atom stereocenters. The van der Waals surface area contributed by atoms with Gasteiger partial charge in [0.15, 0.2) is 0 Å². The minimum Gasteiger partial charge on any atom is -0.380 e. The third-order valence-electron chi connectivity index (χ3n) is 3.75. The summed E-state index contributed by atoms with van der Waals surface area (Å²) in [6, 6.07) is 2.79. The van der Waals surface area contributed by atoms with Crippen LogP contribution in [-0.4, -0.2) is 6.04 Å². The summed E-state index contributed by atoms with van der Waals surface area (Å²) in [4.78, 5) is 0. The van der Waals surface area contributed by atoms with Crippen LogP contribution in [0.25, 0.3) is 0 Å². The summed E-state index contributed by atoms with van der Waals surface area (Å²) in [6.07, 6.45) is -0.266. The van der Waals surface area contributed by atoms with Crippen LogP contribution in [0.15, 0.2) is 18.2 Å². The first kappa shape index (κ1) is 14.2. The Morgan fingerprint density at radius 2 is 1.84 bits per heavy atom. The zero-order chi connectivity index (χ0) is 14.0. The Kier molecular flexibility index (Phi) is 4.02. The molecule has 19 heavy (non-hydrogen) atoms. The van der Waals surface area contributed by atoms with Crippen molar-refractivity contribution in [1.29, 1.82) is 0 Å². The van der Waals surface area contributed by atoms with E-state index in [-0.39, 0.29) is 11.7 Å². The lowest BCUT2D eigenvalue weighted by Crippen LogP contribution is -2.30. The van der Waals surface area contributed by atoms with Gasteiger partial charge in [0.05, 0.1) is 11.3 Å².